The van der Waals surface area contributed by atoms with Crippen LogP contribution >= 0.6 is 11.8 Å². The highest BCUT2D eigenvalue weighted by Gasteiger charge is 2.04. The van der Waals surface area contributed by atoms with E-state index in [-0.39, 0.29) is 6.61 Å². The van der Waals surface area contributed by atoms with Gasteiger partial charge in [0.15, 0.2) is 6.39 Å². The molecule has 0 aliphatic heterocycles. The number of thioether (sulfide) groups is 1. The molecular weight excluding hydrogens is 150 g/mol. The molecule has 0 saturated heterocycles. The molecule has 0 aromatic carbocycles. The average molecular weight is 159 g/mol. The third-order valence-electron chi connectivity index (χ3n) is 1.14. The van der Waals surface area contributed by atoms with E-state index in [0.29, 0.717) is 6.42 Å². The van der Waals surface area contributed by atoms with Gasteiger partial charge in [0.05, 0.1) is 6.61 Å². The molecule has 0 fully saturated rings. The summed E-state index contributed by atoms with van der Waals surface area (Å²) in [4.78, 5) is 3.94. The van der Waals surface area contributed by atoms with E-state index in [4.69, 9.17) is 9.52 Å². The van der Waals surface area contributed by atoms with Crippen molar-refractivity contribution in [1.29, 1.82) is 0 Å². The highest BCUT2D eigenvalue weighted by atomic mass is 32.2. The first-order chi connectivity index (χ1) is 4.88. The van der Waals surface area contributed by atoms with Gasteiger partial charge in [-0.2, -0.15) is 0 Å². The Balaban J connectivity index is 2.70. The SMILES string of the molecule is CSc1ncoc1CCO. The lowest BCUT2D eigenvalue weighted by molar-refractivity contribution is 0.286. The Morgan fingerprint density at radius 2 is 2.60 bits per heavy atom. The number of oxazole rings is 1. The number of hydrogen-bond donors (Lipinski definition) is 1. The summed E-state index contributed by atoms with van der Waals surface area (Å²) in [6.45, 7) is 0.114. The molecule has 4 heteroatoms. The van der Waals surface area contributed by atoms with Crippen LogP contribution in [-0.4, -0.2) is 23.0 Å². The Morgan fingerprint density at radius 1 is 1.80 bits per heavy atom. The van der Waals surface area contributed by atoms with Crippen LogP contribution in [0.5, 0.6) is 0 Å². The fourth-order valence-corrected chi connectivity index (χ4v) is 1.22. The number of aliphatic hydroxyl groups excluding tert-OH is 1. The first kappa shape index (κ1) is 7.63. The smallest absolute Gasteiger partial charge is 0.182 e. The molecule has 56 valence electrons. The van der Waals surface area contributed by atoms with E-state index < -0.39 is 0 Å². The molecule has 0 aliphatic carbocycles. The minimum Gasteiger partial charge on any atom is -0.447 e. The summed E-state index contributed by atoms with van der Waals surface area (Å²) in [6, 6.07) is 0. The molecule has 0 bridgehead atoms. The normalized spacial score (nSPS) is 10.2. The van der Waals surface area contributed by atoms with Crippen molar-refractivity contribution in [3.8, 4) is 0 Å². The van der Waals surface area contributed by atoms with Gasteiger partial charge in [0.2, 0.25) is 0 Å². The lowest BCUT2D eigenvalue weighted by Crippen LogP contribution is -1.89. The maximum atomic E-state index is 8.56. The van der Waals surface area contributed by atoms with Crippen LogP contribution in [0.25, 0.3) is 0 Å². The van der Waals surface area contributed by atoms with Gasteiger partial charge in [0.25, 0.3) is 0 Å². The van der Waals surface area contributed by atoms with Crippen LogP contribution in [0.2, 0.25) is 0 Å². The van der Waals surface area contributed by atoms with Crippen LogP contribution in [0.1, 0.15) is 5.76 Å². The number of hydrogen-bond acceptors (Lipinski definition) is 4. The van der Waals surface area contributed by atoms with Crippen LogP contribution in [0.3, 0.4) is 0 Å². The number of aliphatic hydroxyl groups is 1. The predicted octanol–water partition coefficient (Wildman–Crippen LogP) is 0.931. The second-order valence-electron chi connectivity index (χ2n) is 1.76. The Morgan fingerprint density at radius 3 is 3.20 bits per heavy atom. The van der Waals surface area contributed by atoms with Gasteiger partial charge in [-0.3, -0.25) is 0 Å². The van der Waals surface area contributed by atoms with Crippen molar-refractivity contribution in [2.45, 2.75) is 11.4 Å². The summed E-state index contributed by atoms with van der Waals surface area (Å²) >= 11 is 1.53. The highest BCUT2D eigenvalue weighted by molar-refractivity contribution is 7.98. The zero-order valence-electron chi connectivity index (χ0n) is 5.70. The Hall–Kier alpha value is -0.480. The summed E-state index contributed by atoms with van der Waals surface area (Å²) in [5, 5.41) is 9.43. The van der Waals surface area contributed by atoms with E-state index in [0.717, 1.165) is 10.8 Å². The predicted molar refractivity (Wildman–Crippen MR) is 39.1 cm³/mol. The zero-order valence-corrected chi connectivity index (χ0v) is 6.52. The Bertz CT molecular complexity index is 199. The van der Waals surface area contributed by atoms with E-state index in [9.17, 15) is 0 Å². The molecule has 0 amide bonds. The number of nitrogens with zero attached hydrogens (tertiary/aromatic N) is 1. The Labute approximate surface area is 63.5 Å². The first-order valence-corrected chi connectivity index (χ1v) is 4.18. The standard InChI is InChI=1S/C6H9NO2S/c1-10-6-5(2-3-8)9-4-7-6/h4,8H,2-3H2,1H3. The van der Waals surface area contributed by atoms with E-state index in [1.807, 2.05) is 6.26 Å². The van der Waals surface area contributed by atoms with Crippen LogP contribution in [0.4, 0.5) is 0 Å². The van der Waals surface area contributed by atoms with Crippen LogP contribution in [0, 0.1) is 0 Å². The monoisotopic (exact) mass is 159 g/mol. The number of aromatic nitrogens is 1. The molecule has 0 atom stereocenters. The van der Waals surface area contributed by atoms with Crippen molar-refractivity contribution < 1.29 is 9.52 Å². The zero-order chi connectivity index (χ0) is 7.40. The topological polar surface area (TPSA) is 46.3 Å². The largest absolute Gasteiger partial charge is 0.447 e. The van der Waals surface area contributed by atoms with Gasteiger partial charge in [-0.25, -0.2) is 4.98 Å². The molecule has 1 rings (SSSR count). The van der Waals surface area contributed by atoms with Gasteiger partial charge >= 0.3 is 0 Å². The van der Waals surface area contributed by atoms with Gasteiger partial charge in [0.1, 0.15) is 10.8 Å². The molecule has 0 unspecified atom stereocenters. The molecule has 0 radical (unpaired) electrons. The fourth-order valence-electron chi connectivity index (χ4n) is 0.694. The van der Waals surface area contributed by atoms with E-state index in [2.05, 4.69) is 4.98 Å². The van der Waals surface area contributed by atoms with Crippen LogP contribution in [0.15, 0.2) is 15.8 Å². The van der Waals surface area contributed by atoms with Crippen molar-refractivity contribution in [3.63, 3.8) is 0 Å². The molecule has 0 spiro atoms. The maximum absolute atomic E-state index is 8.56. The second-order valence-corrected chi connectivity index (χ2v) is 2.55. The third kappa shape index (κ3) is 1.52. The third-order valence-corrected chi connectivity index (χ3v) is 1.86. The molecule has 0 saturated carbocycles. The minimum atomic E-state index is 0.114. The first-order valence-electron chi connectivity index (χ1n) is 2.95. The van der Waals surface area contributed by atoms with Crippen molar-refractivity contribution >= 4 is 11.8 Å². The van der Waals surface area contributed by atoms with Crippen molar-refractivity contribution in [1.82, 2.24) is 4.98 Å². The summed E-state index contributed by atoms with van der Waals surface area (Å²) in [5.41, 5.74) is 0. The van der Waals surface area contributed by atoms with Crippen LogP contribution < -0.4 is 0 Å². The molecular formula is C6H9NO2S. The lowest BCUT2D eigenvalue weighted by Gasteiger charge is -1.92. The Kier molecular flexibility index (Phi) is 2.77. The average Bonchev–Trinajstić information content (AvgIpc) is 2.36. The van der Waals surface area contributed by atoms with E-state index in [1.165, 1.54) is 18.2 Å². The molecule has 0 aliphatic rings. The molecule has 1 aromatic heterocycles. The molecule has 3 nitrogen and oxygen atoms in total. The molecule has 1 aromatic rings. The molecule has 1 N–H and O–H groups in total. The number of rotatable bonds is 3. The summed E-state index contributed by atoms with van der Waals surface area (Å²) in [5.74, 6) is 0.773. The van der Waals surface area contributed by atoms with Crippen molar-refractivity contribution in [3.05, 3.63) is 12.2 Å². The highest BCUT2D eigenvalue weighted by Crippen LogP contribution is 2.17. The summed E-state index contributed by atoms with van der Waals surface area (Å²) < 4.78 is 5.00. The van der Waals surface area contributed by atoms with Gasteiger partial charge < -0.3 is 9.52 Å². The van der Waals surface area contributed by atoms with Gasteiger partial charge in [-0.15, -0.1) is 11.8 Å². The molecule has 1 heterocycles. The minimum absolute atomic E-state index is 0.114. The second kappa shape index (κ2) is 3.63. The van der Waals surface area contributed by atoms with Gasteiger partial charge in [-0.05, 0) is 6.26 Å². The van der Waals surface area contributed by atoms with E-state index in [1.54, 1.807) is 0 Å². The fraction of sp³-hybridized carbons (Fsp3) is 0.500. The van der Waals surface area contributed by atoms with Crippen molar-refractivity contribution in [2.24, 2.45) is 0 Å². The summed E-state index contributed by atoms with van der Waals surface area (Å²) in [7, 11) is 0. The van der Waals surface area contributed by atoms with E-state index >= 15 is 0 Å². The van der Waals surface area contributed by atoms with Gasteiger partial charge in [0, 0.05) is 6.42 Å². The van der Waals surface area contributed by atoms with Crippen LogP contribution in [-0.2, 0) is 6.42 Å². The van der Waals surface area contributed by atoms with Crippen molar-refractivity contribution in [2.75, 3.05) is 12.9 Å². The molecule has 10 heavy (non-hydrogen) atoms. The summed E-state index contributed by atoms with van der Waals surface area (Å²) in [6.07, 6.45) is 3.88. The quantitative estimate of drug-likeness (QED) is 0.666. The lowest BCUT2D eigenvalue weighted by atomic mass is 10.4. The van der Waals surface area contributed by atoms with Gasteiger partial charge in [-0.1, -0.05) is 0 Å². The maximum Gasteiger partial charge on any atom is 0.182 e.